The van der Waals surface area contributed by atoms with E-state index in [0.29, 0.717) is 6.54 Å². The molecule has 0 bridgehead atoms. The van der Waals surface area contributed by atoms with Crippen LogP contribution in [0.2, 0.25) is 0 Å². The maximum atomic E-state index is 12.1. The van der Waals surface area contributed by atoms with E-state index in [1.54, 1.807) is 0 Å². The van der Waals surface area contributed by atoms with Crippen LogP contribution in [0.5, 0.6) is 0 Å². The van der Waals surface area contributed by atoms with Gasteiger partial charge in [0.1, 0.15) is 0 Å². The summed E-state index contributed by atoms with van der Waals surface area (Å²) in [4.78, 5) is 14.6. The van der Waals surface area contributed by atoms with Gasteiger partial charge in [0, 0.05) is 6.54 Å². The summed E-state index contributed by atoms with van der Waals surface area (Å²) < 4.78 is 0. The summed E-state index contributed by atoms with van der Waals surface area (Å²) in [5.74, 6) is 0.819. The molecule has 3 rings (SSSR count). The predicted molar refractivity (Wildman–Crippen MR) is 88.3 cm³/mol. The average Bonchev–Trinajstić information content (AvgIpc) is 3.29. The van der Waals surface area contributed by atoms with E-state index in [1.165, 1.54) is 18.4 Å². The molecule has 0 aromatic heterocycles. The van der Waals surface area contributed by atoms with E-state index < -0.39 is 5.54 Å². The Bertz CT molecular complexity index is 504. The zero-order valence-corrected chi connectivity index (χ0v) is 13.4. The SMILES string of the molecule is CC1CCN(C(CNC(=O)C2(N)CC2)c2ccccc2)CC1. The van der Waals surface area contributed by atoms with Gasteiger partial charge in [0.15, 0.2) is 0 Å². The zero-order chi connectivity index (χ0) is 15.6. The van der Waals surface area contributed by atoms with Crippen molar-refractivity contribution in [2.75, 3.05) is 19.6 Å². The molecule has 1 heterocycles. The van der Waals surface area contributed by atoms with Gasteiger partial charge in [0.25, 0.3) is 0 Å². The van der Waals surface area contributed by atoms with Crippen LogP contribution in [0.3, 0.4) is 0 Å². The zero-order valence-electron chi connectivity index (χ0n) is 13.4. The lowest BCUT2D eigenvalue weighted by atomic mass is 9.95. The third-order valence-electron chi connectivity index (χ3n) is 5.14. The fourth-order valence-corrected chi connectivity index (χ4v) is 3.20. The smallest absolute Gasteiger partial charge is 0.240 e. The van der Waals surface area contributed by atoms with Gasteiger partial charge in [0.05, 0.1) is 11.6 Å². The third kappa shape index (κ3) is 3.50. The summed E-state index contributed by atoms with van der Waals surface area (Å²) in [6.07, 6.45) is 4.10. The standard InChI is InChI=1S/C18H27N3O/c1-14-7-11-21(12-8-14)16(15-5-3-2-4-6-15)13-20-17(22)18(19)9-10-18/h2-6,14,16H,7-13,19H2,1H3,(H,20,22). The number of benzene rings is 1. The first-order chi connectivity index (χ1) is 10.6. The molecule has 1 aliphatic carbocycles. The molecule has 0 spiro atoms. The van der Waals surface area contributed by atoms with Gasteiger partial charge in [-0.25, -0.2) is 0 Å². The first-order valence-corrected chi connectivity index (χ1v) is 8.45. The van der Waals surface area contributed by atoms with Gasteiger partial charge in [-0.2, -0.15) is 0 Å². The molecule has 120 valence electrons. The highest BCUT2D eigenvalue weighted by molar-refractivity contribution is 5.88. The van der Waals surface area contributed by atoms with Gasteiger partial charge < -0.3 is 11.1 Å². The van der Waals surface area contributed by atoms with Crippen molar-refractivity contribution in [3.05, 3.63) is 35.9 Å². The monoisotopic (exact) mass is 301 g/mol. The van der Waals surface area contributed by atoms with Gasteiger partial charge in [-0.05, 0) is 50.3 Å². The number of nitrogens with zero attached hydrogens (tertiary/aromatic N) is 1. The van der Waals surface area contributed by atoms with Crippen LogP contribution in [-0.2, 0) is 4.79 Å². The number of nitrogens with one attached hydrogen (secondary N) is 1. The van der Waals surface area contributed by atoms with Crippen LogP contribution < -0.4 is 11.1 Å². The Kier molecular flexibility index (Phi) is 4.50. The second-order valence-corrected chi connectivity index (χ2v) is 7.01. The Morgan fingerprint density at radius 3 is 2.55 bits per heavy atom. The predicted octanol–water partition coefficient (Wildman–Crippen LogP) is 2.07. The summed E-state index contributed by atoms with van der Waals surface area (Å²) >= 11 is 0. The molecule has 4 nitrogen and oxygen atoms in total. The molecule has 1 atom stereocenters. The first-order valence-electron chi connectivity index (χ1n) is 8.45. The van der Waals surface area contributed by atoms with Crippen LogP contribution in [-0.4, -0.2) is 36.0 Å². The van der Waals surface area contributed by atoms with Crippen molar-refractivity contribution < 1.29 is 4.79 Å². The molecule has 22 heavy (non-hydrogen) atoms. The molecule has 2 fully saturated rings. The Labute approximate surface area is 133 Å². The number of carbonyl (C=O) groups is 1. The number of rotatable bonds is 5. The number of carbonyl (C=O) groups excluding carboxylic acids is 1. The van der Waals surface area contributed by atoms with Crippen LogP contribution in [0.4, 0.5) is 0 Å². The first kappa shape index (κ1) is 15.5. The molecule has 4 heteroatoms. The second-order valence-electron chi connectivity index (χ2n) is 7.01. The van der Waals surface area contributed by atoms with Gasteiger partial charge in [-0.15, -0.1) is 0 Å². The van der Waals surface area contributed by atoms with Crippen molar-refractivity contribution in [3.63, 3.8) is 0 Å². The van der Waals surface area contributed by atoms with E-state index in [0.717, 1.165) is 31.8 Å². The van der Waals surface area contributed by atoms with E-state index in [9.17, 15) is 4.79 Å². The van der Waals surface area contributed by atoms with E-state index in [2.05, 4.69) is 41.4 Å². The highest BCUT2D eigenvalue weighted by Gasteiger charge is 2.46. The Hall–Kier alpha value is -1.39. The minimum Gasteiger partial charge on any atom is -0.353 e. The van der Waals surface area contributed by atoms with Crippen molar-refractivity contribution in [1.29, 1.82) is 0 Å². The molecule has 1 aromatic carbocycles. The van der Waals surface area contributed by atoms with E-state index in [4.69, 9.17) is 5.73 Å². The number of amides is 1. The molecular formula is C18H27N3O. The van der Waals surface area contributed by atoms with E-state index in [1.807, 2.05) is 6.07 Å². The van der Waals surface area contributed by atoms with Crippen molar-refractivity contribution >= 4 is 5.91 Å². The summed E-state index contributed by atoms with van der Waals surface area (Å²) in [5.41, 5.74) is 6.68. The van der Waals surface area contributed by atoms with E-state index in [-0.39, 0.29) is 11.9 Å². The molecule has 1 aromatic rings. The lowest BCUT2D eigenvalue weighted by Crippen LogP contribution is -2.47. The summed E-state index contributed by atoms with van der Waals surface area (Å²) in [6.45, 7) is 5.17. The van der Waals surface area contributed by atoms with Crippen molar-refractivity contribution in [2.24, 2.45) is 11.7 Å². The quantitative estimate of drug-likeness (QED) is 0.875. The third-order valence-corrected chi connectivity index (χ3v) is 5.14. The average molecular weight is 301 g/mol. The molecule has 1 aliphatic heterocycles. The maximum absolute atomic E-state index is 12.1. The fourth-order valence-electron chi connectivity index (χ4n) is 3.20. The van der Waals surface area contributed by atoms with Crippen molar-refractivity contribution in [2.45, 2.75) is 44.2 Å². The topological polar surface area (TPSA) is 58.4 Å². The number of likely N-dealkylation sites (tertiary alicyclic amines) is 1. The van der Waals surface area contributed by atoms with Crippen molar-refractivity contribution in [3.8, 4) is 0 Å². The van der Waals surface area contributed by atoms with Gasteiger partial charge in [0.2, 0.25) is 5.91 Å². The molecule has 2 aliphatic rings. The van der Waals surface area contributed by atoms with Crippen LogP contribution >= 0.6 is 0 Å². The molecule has 1 amide bonds. The Morgan fingerprint density at radius 2 is 1.95 bits per heavy atom. The lowest BCUT2D eigenvalue weighted by molar-refractivity contribution is -0.123. The minimum absolute atomic E-state index is 0.0128. The normalized spacial score (nSPS) is 23.0. The number of hydrogen-bond acceptors (Lipinski definition) is 3. The minimum atomic E-state index is -0.586. The van der Waals surface area contributed by atoms with Crippen LogP contribution in [0, 0.1) is 5.92 Å². The number of nitrogens with two attached hydrogens (primary N) is 1. The van der Waals surface area contributed by atoms with Gasteiger partial charge in [-0.3, -0.25) is 9.69 Å². The Morgan fingerprint density at radius 1 is 1.32 bits per heavy atom. The number of piperidine rings is 1. The highest BCUT2D eigenvalue weighted by Crippen LogP contribution is 2.32. The molecule has 3 N–H and O–H groups in total. The Balaban J connectivity index is 1.67. The molecule has 1 saturated heterocycles. The summed E-state index contributed by atoms with van der Waals surface area (Å²) in [7, 11) is 0. The molecule has 0 radical (unpaired) electrons. The van der Waals surface area contributed by atoms with Gasteiger partial charge >= 0.3 is 0 Å². The molecule has 1 saturated carbocycles. The maximum Gasteiger partial charge on any atom is 0.240 e. The molecular weight excluding hydrogens is 274 g/mol. The van der Waals surface area contributed by atoms with Crippen LogP contribution in [0.25, 0.3) is 0 Å². The molecule has 1 unspecified atom stereocenters. The lowest BCUT2D eigenvalue weighted by Gasteiger charge is -2.37. The second kappa shape index (κ2) is 6.39. The summed E-state index contributed by atoms with van der Waals surface area (Å²) in [5, 5.41) is 3.09. The fraction of sp³-hybridized carbons (Fsp3) is 0.611. The number of hydrogen-bond donors (Lipinski definition) is 2. The van der Waals surface area contributed by atoms with Crippen LogP contribution in [0.15, 0.2) is 30.3 Å². The van der Waals surface area contributed by atoms with E-state index >= 15 is 0 Å². The highest BCUT2D eigenvalue weighted by atomic mass is 16.2. The summed E-state index contributed by atoms with van der Waals surface area (Å²) in [6, 6.07) is 10.7. The van der Waals surface area contributed by atoms with Crippen molar-refractivity contribution in [1.82, 2.24) is 10.2 Å². The van der Waals surface area contributed by atoms with Crippen LogP contribution in [0.1, 0.15) is 44.2 Å². The largest absolute Gasteiger partial charge is 0.353 e. The van der Waals surface area contributed by atoms with Gasteiger partial charge in [-0.1, -0.05) is 37.3 Å².